The zero-order valence-corrected chi connectivity index (χ0v) is 8.98. The van der Waals surface area contributed by atoms with Gasteiger partial charge in [-0.15, -0.1) is 0 Å². The molecule has 0 aliphatic heterocycles. The topological polar surface area (TPSA) is 40.5 Å². The SMILES string of the molecule is CCCCCCCCC(Cl)=C(O)O. The highest BCUT2D eigenvalue weighted by Crippen LogP contribution is 2.15. The lowest BCUT2D eigenvalue weighted by Crippen LogP contribution is -1.85. The molecule has 0 spiro atoms. The molecule has 3 heteroatoms. The van der Waals surface area contributed by atoms with Crippen LogP contribution in [0.15, 0.2) is 11.0 Å². The van der Waals surface area contributed by atoms with Crippen molar-refractivity contribution in [3.63, 3.8) is 0 Å². The standard InChI is InChI=1S/C10H19ClO2/c1-2-3-4-5-6-7-8-9(11)10(12)13/h12-13H,2-8H2,1H3. The predicted molar refractivity (Wildman–Crippen MR) is 56.1 cm³/mol. The molecule has 0 radical (unpaired) electrons. The van der Waals surface area contributed by atoms with E-state index in [-0.39, 0.29) is 5.03 Å². The fraction of sp³-hybridized carbons (Fsp3) is 0.800. The molecule has 0 aromatic carbocycles. The van der Waals surface area contributed by atoms with Crippen LogP contribution in [0.2, 0.25) is 0 Å². The molecular weight excluding hydrogens is 188 g/mol. The number of halogens is 1. The van der Waals surface area contributed by atoms with E-state index in [1.54, 1.807) is 0 Å². The summed E-state index contributed by atoms with van der Waals surface area (Å²) in [7, 11) is 0. The fourth-order valence-electron chi connectivity index (χ4n) is 1.17. The van der Waals surface area contributed by atoms with Gasteiger partial charge in [0.05, 0.1) is 5.03 Å². The van der Waals surface area contributed by atoms with E-state index in [1.807, 2.05) is 0 Å². The Kier molecular flexibility index (Phi) is 8.00. The molecule has 0 saturated heterocycles. The molecule has 13 heavy (non-hydrogen) atoms. The minimum Gasteiger partial charge on any atom is -0.480 e. The van der Waals surface area contributed by atoms with Crippen molar-refractivity contribution < 1.29 is 10.2 Å². The average molecular weight is 207 g/mol. The molecule has 0 aromatic heterocycles. The Balaban J connectivity index is 3.22. The van der Waals surface area contributed by atoms with Crippen LogP contribution in [0.4, 0.5) is 0 Å². The van der Waals surface area contributed by atoms with Crippen molar-refractivity contribution in [2.75, 3.05) is 0 Å². The Bertz CT molecular complexity index is 151. The van der Waals surface area contributed by atoms with Crippen LogP contribution < -0.4 is 0 Å². The second kappa shape index (κ2) is 8.24. The smallest absolute Gasteiger partial charge is 0.289 e. The largest absolute Gasteiger partial charge is 0.480 e. The van der Waals surface area contributed by atoms with Crippen molar-refractivity contribution in [3.05, 3.63) is 11.0 Å². The number of aliphatic hydroxyl groups excluding tert-OH is 1. The number of allylic oxidation sites excluding steroid dienone is 1. The van der Waals surface area contributed by atoms with Gasteiger partial charge in [-0.3, -0.25) is 0 Å². The zero-order chi connectivity index (χ0) is 10.1. The lowest BCUT2D eigenvalue weighted by atomic mass is 10.1. The molecule has 2 N–H and O–H groups in total. The third kappa shape index (κ3) is 7.97. The van der Waals surface area contributed by atoms with Gasteiger partial charge >= 0.3 is 0 Å². The first-order chi connectivity index (χ1) is 6.18. The number of hydrogen-bond acceptors (Lipinski definition) is 2. The van der Waals surface area contributed by atoms with Crippen LogP contribution >= 0.6 is 11.6 Å². The summed E-state index contributed by atoms with van der Waals surface area (Å²) in [6.07, 6.45) is 7.65. The third-order valence-electron chi connectivity index (χ3n) is 1.99. The molecule has 2 nitrogen and oxygen atoms in total. The minimum atomic E-state index is -0.727. The van der Waals surface area contributed by atoms with E-state index in [0.29, 0.717) is 6.42 Å². The highest BCUT2D eigenvalue weighted by molar-refractivity contribution is 6.29. The monoisotopic (exact) mass is 206 g/mol. The molecule has 0 saturated carbocycles. The van der Waals surface area contributed by atoms with Crippen LogP contribution in [0.25, 0.3) is 0 Å². The lowest BCUT2D eigenvalue weighted by Gasteiger charge is -2.00. The Labute approximate surface area is 85.2 Å². The molecule has 0 unspecified atom stereocenters. The summed E-state index contributed by atoms with van der Waals surface area (Å²) in [5, 5.41) is 17.3. The quantitative estimate of drug-likeness (QED) is 0.483. The van der Waals surface area contributed by atoms with Gasteiger partial charge in [-0.05, 0) is 12.8 Å². The summed E-state index contributed by atoms with van der Waals surface area (Å²) < 4.78 is 0. The molecule has 78 valence electrons. The van der Waals surface area contributed by atoms with E-state index in [0.717, 1.165) is 12.8 Å². The van der Waals surface area contributed by atoms with Crippen molar-refractivity contribution in [3.8, 4) is 0 Å². The van der Waals surface area contributed by atoms with E-state index in [2.05, 4.69) is 6.92 Å². The Morgan fingerprint density at radius 2 is 1.54 bits per heavy atom. The van der Waals surface area contributed by atoms with Crippen LogP contribution in [0.3, 0.4) is 0 Å². The molecule has 0 aliphatic carbocycles. The highest BCUT2D eigenvalue weighted by atomic mass is 35.5. The van der Waals surface area contributed by atoms with Gasteiger partial charge in [0, 0.05) is 0 Å². The summed E-state index contributed by atoms with van der Waals surface area (Å²) in [4.78, 5) is 0. The van der Waals surface area contributed by atoms with Crippen LogP contribution in [0.5, 0.6) is 0 Å². The highest BCUT2D eigenvalue weighted by Gasteiger charge is 1.99. The van der Waals surface area contributed by atoms with Gasteiger partial charge in [0.1, 0.15) is 0 Å². The molecule has 0 atom stereocenters. The molecule has 0 aromatic rings. The first-order valence-electron chi connectivity index (χ1n) is 4.95. The number of unbranched alkanes of at least 4 members (excludes halogenated alkanes) is 5. The molecule has 0 aliphatic rings. The van der Waals surface area contributed by atoms with Crippen LogP contribution in [-0.4, -0.2) is 10.2 Å². The molecular formula is C10H19ClO2. The normalized spacial score (nSPS) is 10.0. The summed E-state index contributed by atoms with van der Waals surface area (Å²) in [5.74, 6) is -0.727. The first-order valence-corrected chi connectivity index (χ1v) is 5.32. The number of aliphatic hydroxyl groups is 2. The van der Waals surface area contributed by atoms with Crippen molar-refractivity contribution >= 4 is 11.6 Å². The summed E-state index contributed by atoms with van der Waals surface area (Å²) in [6, 6.07) is 0. The Morgan fingerprint density at radius 1 is 1.00 bits per heavy atom. The first kappa shape index (κ1) is 12.6. The van der Waals surface area contributed by atoms with E-state index >= 15 is 0 Å². The second-order valence-corrected chi connectivity index (χ2v) is 3.70. The van der Waals surface area contributed by atoms with Crippen LogP contribution in [0.1, 0.15) is 51.9 Å². The van der Waals surface area contributed by atoms with Gasteiger partial charge in [0.15, 0.2) is 0 Å². The van der Waals surface area contributed by atoms with E-state index in [9.17, 15) is 0 Å². The van der Waals surface area contributed by atoms with Crippen molar-refractivity contribution in [2.45, 2.75) is 51.9 Å². The minimum absolute atomic E-state index is 0.176. The van der Waals surface area contributed by atoms with Crippen molar-refractivity contribution in [1.82, 2.24) is 0 Å². The van der Waals surface area contributed by atoms with Gasteiger partial charge < -0.3 is 10.2 Å². The average Bonchev–Trinajstić information content (AvgIpc) is 2.10. The van der Waals surface area contributed by atoms with Crippen LogP contribution in [0, 0.1) is 0 Å². The fourth-order valence-corrected chi connectivity index (χ4v) is 1.31. The number of hydrogen-bond donors (Lipinski definition) is 2. The molecule has 0 heterocycles. The van der Waals surface area contributed by atoms with Gasteiger partial charge in [0.2, 0.25) is 0 Å². The van der Waals surface area contributed by atoms with Gasteiger partial charge in [-0.25, -0.2) is 0 Å². The van der Waals surface area contributed by atoms with E-state index in [4.69, 9.17) is 21.8 Å². The molecule has 0 bridgehead atoms. The van der Waals surface area contributed by atoms with Gasteiger partial charge in [0.25, 0.3) is 5.95 Å². The summed E-state index contributed by atoms with van der Waals surface area (Å²) in [5.41, 5.74) is 0. The maximum atomic E-state index is 8.56. The van der Waals surface area contributed by atoms with Gasteiger partial charge in [-0.1, -0.05) is 50.6 Å². The van der Waals surface area contributed by atoms with E-state index < -0.39 is 5.95 Å². The molecule has 0 rings (SSSR count). The second-order valence-electron chi connectivity index (χ2n) is 3.25. The Morgan fingerprint density at radius 3 is 2.08 bits per heavy atom. The Hall–Kier alpha value is -0.370. The predicted octanol–water partition coefficient (Wildman–Crippen LogP) is 4.26. The van der Waals surface area contributed by atoms with Crippen molar-refractivity contribution in [2.24, 2.45) is 0 Å². The number of rotatable bonds is 7. The molecule has 0 fully saturated rings. The third-order valence-corrected chi connectivity index (χ3v) is 2.35. The summed E-state index contributed by atoms with van der Waals surface area (Å²) in [6.45, 7) is 2.18. The maximum absolute atomic E-state index is 8.56. The van der Waals surface area contributed by atoms with E-state index in [1.165, 1.54) is 25.7 Å². The van der Waals surface area contributed by atoms with Crippen LogP contribution in [-0.2, 0) is 0 Å². The zero-order valence-electron chi connectivity index (χ0n) is 8.22. The summed E-state index contributed by atoms with van der Waals surface area (Å²) >= 11 is 5.54. The van der Waals surface area contributed by atoms with Crippen molar-refractivity contribution in [1.29, 1.82) is 0 Å². The van der Waals surface area contributed by atoms with Gasteiger partial charge in [-0.2, -0.15) is 0 Å². The maximum Gasteiger partial charge on any atom is 0.289 e. The lowest BCUT2D eigenvalue weighted by molar-refractivity contribution is 0.187. The molecule has 0 amide bonds.